The highest BCUT2D eigenvalue weighted by molar-refractivity contribution is 5.54. The smallest absolute Gasteiger partial charge is 0.231 e. The van der Waals surface area contributed by atoms with Gasteiger partial charge in [-0.3, -0.25) is 0 Å². The van der Waals surface area contributed by atoms with Crippen LogP contribution in [0.1, 0.15) is 32.1 Å². The van der Waals surface area contributed by atoms with Crippen molar-refractivity contribution in [2.75, 3.05) is 7.05 Å². The van der Waals surface area contributed by atoms with Gasteiger partial charge >= 0.3 is 0 Å². The number of likely N-dealkylation sites (N-methyl/N-ethyl adjacent to an activating group) is 1. The summed E-state index contributed by atoms with van der Waals surface area (Å²) in [7, 11) is 1.81. The van der Waals surface area contributed by atoms with Crippen LogP contribution in [-0.2, 0) is 0 Å². The maximum absolute atomic E-state index is 13.2. The van der Waals surface area contributed by atoms with Gasteiger partial charge in [-0.15, -0.1) is 0 Å². The zero-order chi connectivity index (χ0) is 15.6. The first-order valence-corrected chi connectivity index (χ1v) is 6.63. The van der Waals surface area contributed by atoms with Gasteiger partial charge < -0.3 is 9.84 Å². The van der Waals surface area contributed by atoms with E-state index in [1.54, 1.807) is 0 Å². The summed E-state index contributed by atoms with van der Waals surface area (Å²) >= 11 is 0. The van der Waals surface area contributed by atoms with Gasteiger partial charge in [-0.2, -0.15) is 4.98 Å². The van der Waals surface area contributed by atoms with Crippen molar-refractivity contribution in [1.29, 1.82) is 0 Å². The molecule has 2 aromatic rings. The molecule has 2 unspecified atom stereocenters. The van der Waals surface area contributed by atoms with Crippen molar-refractivity contribution in [3.63, 3.8) is 0 Å². The number of aromatic nitrogens is 2. The number of hydrogen-bond acceptors (Lipinski definition) is 4. The van der Waals surface area contributed by atoms with Crippen LogP contribution in [0.4, 0.5) is 13.2 Å². The predicted octanol–water partition coefficient (Wildman–Crippen LogP) is 3.26. The molecule has 1 aromatic heterocycles. The van der Waals surface area contributed by atoms with Crippen molar-refractivity contribution in [3.8, 4) is 11.4 Å². The summed E-state index contributed by atoms with van der Waals surface area (Å²) in [6, 6.07) is 1.79. The standard InChI is InChI=1S/C14H16F3N3O/c1-4-9(7(2)18-3)14-19-13(20-21-14)8-5-10(15)12(17)11(16)6-8/h5-7,9,18H,4H2,1-3H3. The van der Waals surface area contributed by atoms with Crippen molar-refractivity contribution < 1.29 is 17.7 Å². The van der Waals surface area contributed by atoms with E-state index in [4.69, 9.17) is 4.52 Å². The highest BCUT2D eigenvalue weighted by atomic mass is 19.2. The molecule has 0 aliphatic heterocycles. The summed E-state index contributed by atoms with van der Waals surface area (Å²) in [6.45, 7) is 3.94. The zero-order valence-electron chi connectivity index (χ0n) is 12.0. The summed E-state index contributed by atoms with van der Waals surface area (Å²) in [6.07, 6.45) is 0.760. The van der Waals surface area contributed by atoms with Gasteiger partial charge in [0.25, 0.3) is 0 Å². The molecule has 1 heterocycles. The van der Waals surface area contributed by atoms with Gasteiger partial charge in [0.05, 0.1) is 5.92 Å². The topological polar surface area (TPSA) is 51.0 Å². The number of rotatable bonds is 5. The van der Waals surface area contributed by atoms with E-state index in [1.807, 2.05) is 20.9 Å². The van der Waals surface area contributed by atoms with E-state index in [0.717, 1.165) is 18.6 Å². The molecule has 2 atom stereocenters. The summed E-state index contributed by atoms with van der Waals surface area (Å²) in [5.74, 6) is -3.70. The molecule has 0 radical (unpaired) electrons. The van der Waals surface area contributed by atoms with Gasteiger partial charge in [0.15, 0.2) is 17.5 Å². The van der Waals surface area contributed by atoms with Crippen LogP contribution in [0, 0.1) is 17.5 Å². The molecule has 0 bridgehead atoms. The van der Waals surface area contributed by atoms with Crippen molar-refractivity contribution >= 4 is 0 Å². The molecule has 4 nitrogen and oxygen atoms in total. The fourth-order valence-electron chi connectivity index (χ4n) is 2.13. The van der Waals surface area contributed by atoms with E-state index in [0.29, 0.717) is 5.89 Å². The van der Waals surface area contributed by atoms with E-state index < -0.39 is 17.5 Å². The molecule has 1 N–H and O–H groups in total. The van der Waals surface area contributed by atoms with Crippen LogP contribution in [-0.4, -0.2) is 23.2 Å². The Morgan fingerprint density at radius 1 is 1.24 bits per heavy atom. The highest BCUT2D eigenvalue weighted by Gasteiger charge is 2.23. The number of benzene rings is 1. The Morgan fingerprint density at radius 2 is 1.86 bits per heavy atom. The third-order valence-electron chi connectivity index (χ3n) is 3.50. The molecule has 0 saturated carbocycles. The SMILES string of the molecule is CCC(c1nc(-c2cc(F)c(F)c(F)c2)no1)C(C)NC. The van der Waals surface area contributed by atoms with E-state index in [-0.39, 0.29) is 23.3 Å². The second kappa shape index (κ2) is 6.26. The van der Waals surface area contributed by atoms with Gasteiger partial charge in [-0.1, -0.05) is 12.1 Å². The summed E-state index contributed by atoms with van der Waals surface area (Å²) < 4.78 is 44.6. The van der Waals surface area contributed by atoms with Crippen LogP contribution in [0.15, 0.2) is 16.7 Å². The molecule has 0 spiro atoms. The third-order valence-corrected chi connectivity index (χ3v) is 3.50. The number of nitrogens with zero attached hydrogens (tertiary/aromatic N) is 2. The van der Waals surface area contributed by atoms with Gasteiger partial charge in [-0.25, -0.2) is 13.2 Å². The van der Waals surface area contributed by atoms with Crippen molar-refractivity contribution in [1.82, 2.24) is 15.5 Å². The first-order chi connectivity index (χ1) is 9.97. The minimum atomic E-state index is -1.52. The second-order valence-corrected chi connectivity index (χ2v) is 4.80. The maximum Gasteiger partial charge on any atom is 0.231 e. The van der Waals surface area contributed by atoms with Gasteiger partial charge in [-0.05, 0) is 32.5 Å². The number of hydrogen-bond donors (Lipinski definition) is 1. The molecule has 0 fully saturated rings. The Hall–Kier alpha value is -1.89. The van der Waals surface area contributed by atoms with Crippen LogP contribution >= 0.6 is 0 Å². The summed E-state index contributed by atoms with van der Waals surface area (Å²) in [4.78, 5) is 4.16. The lowest BCUT2D eigenvalue weighted by atomic mass is 9.98. The lowest BCUT2D eigenvalue weighted by molar-refractivity contribution is 0.322. The molecule has 0 saturated heterocycles. The summed E-state index contributed by atoms with van der Waals surface area (Å²) in [5, 5.41) is 6.81. The molecule has 2 rings (SSSR count). The molecule has 21 heavy (non-hydrogen) atoms. The van der Waals surface area contributed by atoms with E-state index >= 15 is 0 Å². The van der Waals surface area contributed by atoms with Crippen LogP contribution in [0.2, 0.25) is 0 Å². The minimum Gasteiger partial charge on any atom is -0.339 e. The average molecular weight is 299 g/mol. The van der Waals surface area contributed by atoms with Crippen LogP contribution in [0.25, 0.3) is 11.4 Å². The first-order valence-electron chi connectivity index (χ1n) is 6.63. The first kappa shape index (κ1) is 15.5. The molecule has 0 amide bonds. The Balaban J connectivity index is 2.35. The fourth-order valence-corrected chi connectivity index (χ4v) is 2.13. The normalized spacial score (nSPS) is 14.2. The van der Waals surface area contributed by atoms with E-state index in [9.17, 15) is 13.2 Å². The van der Waals surface area contributed by atoms with Crippen molar-refractivity contribution in [3.05, 3.63) is 35.5 Å². The second-order valence-electron chi connectivity index (χ2n) is 4.80. The number of nitrogens with one attached hydrogen (secondary N) is 1. The lowest BCUT2D eigenvalue weighted by Crippen LogP contribution is -2.28. The molecular weight excluding hydrogens is 283 g/mol. The Labute approximate surface area is 120 Å². The van der Waals surface area contributed by atoms with Crippen LogP contribution in [0.3, 0.4) is 0 Å². The molecular formula is C14H16F3N3O. The largest absolute Gasteiger partial charge is 0.339 e. The highest BCUT2D eigenvalue weighted by Crippen LogP contribution is 2.26. The minimum absolute atomic E-state index is 0.0219. The van der Waals surface area contributed by atoms with E-state index in [1.165, 1.54) is 0 Å². The monoisotopic (exact) mass is 299 g/mol. The number of halogens is 3. The zero-order valence-corrected chi connectivity index (χ0v) is 12.0. The molecule has 0 aliphatic rings. The Bertz CT molecular complexity index is 607. The quantitative estimate of drug-likeness (QED) is 0.861. The third kappa shape index (κ3) is 3.07. The molecule has 7 heteroatoms. The van der Waals surface area contributed by atoms with E-state index in [2.05, 4.69) is 15.5 Å². The van der Waals surface area contributed by atoms with Crippen LogP contribution < -0.4 is 5.32 Å². The molecule has 114 valence electrons. The summed E-state index contributed by atoms with van der Waals surface area (Å²) in [5.41, 5.74) is 0.0355. The van der Waals surface area contributed by atoms with Gasteiger partial charge in [0.2, 0.25) is 11.7 Å². The van der Waals surface area contributed by atoms with Gasteiger partial charge in [0, 0.05) is 11.6 Å². The predicted molar refractivity (Wildman–Crippen MR) is 71.2 cm³/mol. The van der Waals surface area contributed by atoms with Crippen molar-refractivity contribution in [2.24, 2.45) is 0 Å². The fraction of sp³-hybridized carbons (Fsp3) is 0.429. The molecule has 1 aromatic carbocycles. The van der Waals surface area contributed by atoms with Crippen molar-refractivity contribution in [2.45, 2.75) is 32.2 Å². The Kier molecular flexibility index (Phi) is 4.62. The average Bonchev–Trinajstić information content (AvgIpc) is 2.94. The molecule has 0 aliphatic carbocycles. The van der Waals surface area contributed by atoms with Gasteiger partial charge in [0.1, 0.15) is 0 Å². The van der Waals surface area contributed by atoms with Crippen LogP contribution in [0.5, 0.6) is 0 Å². The lowest BCUT2D eigenvalue weighted by Gasteiger charge is -2.17. The maximum atomic E-state index is 13.2. The Morgan fingerprint density at radius 3 is 2.38 bits per heavy atom.